The van der Waals surface area contributed by atoms with Crippen molar-refractivity contribution in [2.45, 2.75) is 32.7 Å². The maximum atomic E-state index is 5.46. The summed E-state index contributed by atoms with van der Waals surface area (Å²) in [7, 11) is 5.42. The van der Waals surface area contributed by atoms with Crippen LogP contribution in [0.25, 0.3) is 0 Å². The predicted octanol–water partition coefficient (Wildman–Crippen LogP) is 3.03. The molecule has 0 aliphatic heterocycles. The van der Waals surface area contributed by atoms with Gasteiger partial charge in [0, 0.05) is 7.11 Å². The number of benzene rings is 1. The molecule has 0 aliphatic carbocycles. The highest BCUT2D eigenvalue weighted by atomic mass is 16.5. The molecule has 0 aromatic heterocycles. The Morgan fingerprint density at radius 2 is 1.83 bits per heavy atom. The molecule has 1 aromatic rings. The van der Waals surface area contributed by atoms with Crippen molar-refractivity contribution < 1.29 is 9.47 Å². The van der Waals surface area contributed by atoms with Crippen molar-refractivity contribution in [2.75, 3.05) is 27.9 Å². The van der Waals surface area contributed by atoms with Gasteiger partial charge in [-0.05, 0) is 48.7 Å². The van der Waals surface area contributed by atoms with Gasteiger partial charge in [0.2, 0.25) is 0 Å². The van der Waals surface area contributed by atoms with E-state index in [0.717, 1.165) is 5.75 Å². The first-order valence-electron chi connectivity index (χ1n) is 6.39. The largest absolute Gasteiger partial charge is 0.496 e. The fourth-order valence-electron chi connectivity index (χ4n) is 2.21. The minimum atomic E-state index is 0.221. The fraction of sp³-hybridized carbons (Fsp3) is 0.600. The third kappa shape index (κ3) is 3.24. The van der Waals surface area contributed by atoms with Gasteiger partial charge in [0.25, 0.3) is 0 Å². The lowest BCUT2D eigenvalue weighted by molar-refractivity contribution is 0.170. The first-order chi connectivity index (χ1) is 8.54. The molecule has 18 heavy (non-hydrogen) atoms. The molecule has 0 spiro atoms. The Bertz CT molecular complexity index is 388. The minimum absolute atomic E-state index is 0.221. The summed E-state index contributed by atoms with van der Waals surface area (Å²) in [6.07, 6.45) is 0. The molecule has 1 aromatic carbocycles. The summed E-state index contributed by atoms with van der Waals surface area (Å²) >= 11 is 0. The van der Waals surface area contributed by atoms with E-state index in [1.807, 2.05) is 7.05 Å². The van der Waals surface area contributed by atoms with E-state index in [0.29, 0.717) is 12.5 Å². The second-order valence-electron chi connectivity index (χ2n) is 4.90. The zero-order valence-electron chi connectivity index (χ0n) is 12.3. The number of aryl methyl sites for hydroxylation is 1. The van der Waals surface area contributed by atoms with Crippen LogP contribution in [0.15, 0.2) is 12.1 Å². The molecular weight excluding hydrogens is 226 g/mol. The molecule has 0 radical (unpaired) electrons. The molecule has 0 fully saturated rings. The third-order valence-electron chi connectivity index (χ3n) is 3.30. The zero-order chi connectivity index (χ0) is 13.7. The summed E-state index contributed by atoms with van der Waals surface area (Å²) in [6, 6.07) is 4.57. The highest BCUT2D eigenvalue weighted by Gasteiger charge is 2.16. The number of rotatable bonds is 6. The topological polar surface area (TPSA) is 30.5 Å². The molecule has 1 rings (SSSR count). The number of likely N-dealkylation sites (N-methyl/N-ethyl adjacent to an activating group) is 1. The van der Waals surface area contributed by atoms with Crippen LogP contribution in [0, 0.1) is 6.92 Å². The van der Waals surface area contributed by atoms with Crippen molar-refractivity contribution in [1.82, 2.24) is 5.32 Å². The van der Waals surface area contributed by atoms with E-state index in [1.165, 1.54) is 16.7 Å². The third-order valence-corrected chi connectivity index (χ3v) is 3.30. The molecule has 0 bridgehead atoms. The molecule has 1 atom stereocenters. The quantitative estimate of drug-likeness (QED) is 0.843. The average molecular weight is 251 g/mol. The van der Waals surface area contributed by atoms with Gasteiger partial charge in [-0.25, -0.2) is 0 Å². The van der Waals surface area contributed by atoms with Gasteiger partial charge < -0.3 is 14.8 Å². The van der Waals surface area contributed by atoms with Crippen molar-refractivity contribution in [3.63, 3.8) is 0 Å². The zero-order valence-corrected chi connectivity index (χ0v) is 12.3. The first kappa shape index (κ1) is 15.0. The predicted molar refractivity (Wildman–Crippen MR) is 75.5 cm³/mol. The second kappa shape index (κ2) is 6.76. The highest BCUT2D eigenvalue weighted by Crippen LogP contribution is 2.32. The summed E-state index contributed by atoms with van der Waals surface area (Å²) in [5.74, 6) is 1.41. The first-order valence-corrected chi connectivity index (χ1v) is 6.39. The van der Waals surface area contributed by atoms with Gasteiger partial charge in [-0.1, -0.05) is 13.8 Å². The molecule has 1 N–H and O–H groups in total. The number of nitrogens with one attached hydrogen (secondary N) is 1. The Kier molecular flexibility index (Phi) is 5.63. The summed E-state index contributed by atoms with van der Waals surface area (Å²) in [5, 5.41) is 3.30. The molecule has 3 nitrogen and oxygen atoms in total. The van der Waals surface area contributed by atoms with Crippen LogP contribution >= 0.6 is 0 Å². The molecule has 102 valence electrons. The maximum absolute atomic E-state index is 5.46. The second-order valence-corrected chi connectivity index (χ2v) is 4.90. The van der Waals surface area contributed by atoms with E-state index in [1.54, 1.807) is 14.2 Å². The lowest BCUT2D eigenvalue weighted by atomic mass is 9.93. The molecule has 0 aliphatic rings. The highest BCUT2D eigenvalue weighted by molar-refractivity contribution is 5.45. The molecule has 3 heteroatoms. The van der Waals surface area contributed by atoms with Gasteiger partial charge in [-0.3, -0.25) is 0 Å². The van der Waals surface area contributed by atoms with Gasteiger partial charge in [-0.15, -0.1) is 0 Å². The lowest BCUT2D eigenvalue weighted by Crippen LogP contribution is -2.22. The number of hydrogen-bond donors (Lipinski definition) is 1. The molecule has 0 saturated heterocycles. The van der Waals surface area contributed by atoms with Crippen LogP contribution in [0.5, 0.6) is 5.75 Å². The number of ether oxygens (including phenoxy) is 2. The fourth-order valence-corrected chi connectivity index (χ4v) is 2.21. The van der Waals surface area contributed by atoms with Crippen LogP contribution in [0.1, 0.15) is 42.5 Å². The standard InChI is InChI=1S/C15H25NO2/c1-10(2)12-8-13(14(16-4)9-17-5)11(3)7-15(12)18-6/h7-8,10,14,16H,9H2,1-6H3. The van der Waals surface area contributed by atoms with Gasteiger partial charge in [0.1, 0.15) is 5.75 Å². The van der Waals surface area contributed by atoms with Crippen LogP contribution in [0.2, 0.25) is 0 Å². The van der Waals surface area contributed by atoms with Gasteiger partial charge in [0.05, 0.1) is 19.8 Å². The van der Waals surface area contributed by atoms with Gasteiger partial charge in [-0.2, -0.15) is 0 Å². The Morgan fingerprint density at radius 1 is 1.17 bits per heavy atom. The van der Waals surface area contributed by atoms with E-state index in [9.17, 15) is 0 Å². The monoisotopic (exact) mass is 251 g/mol. The summed E-state index contributed by atoms with van der Waals surface area (Å²) in [4.78, 5) is 0. The molecule has 0 saturated carbocycles. The molecule has 1 unspecified atom stereocenters. The van der Waals surface area contributed by atoms with Crippen molar-refractivity contribution in [1.29, 1.82) is 0 Å². The summed E-state index contributed by atoms with van der Waals surface area (Å²) in [5.41, 5.74) is 3.76. The number of methoxy groups -OCH3 is 2. The Balaban J connectivity index is 3.23. The SMILES string of the molecule is CNC(COC)c1cc(C(C)C)c(OC)cc1C. The van der Waals surface area contributed by atoms with E-state index >= 15 is 0 Å². The summed E-state index contributed by atoms with van der Waals surface area (Å²) < 4.78 is 10.7. The van der Waals surface area contributed by atoms with E-state index < -0.39 is 0 Å². The van der Waals surface area contributed by atoms with Crippen molar-refractivity contribution in [3.05, 3.63) is 28.8 Å². The molecule has 0 amide bonds. The van der Waals surface area contributed by atoms with Crippen LogP contribution in [-0.2, 0) is 4.74 Å². The minimum Gasteiger partial charge on any atom is -0.496 e. The van der Waals surface area contributed by atoms with Gasteiger partial charge in [0.15, 0.2) is 0 Å². The van der Waals surface area contributed by atoms with E-state index in [4.69, 9.17) is 9.47 Å². The number of hydrogen-bond acceptors (Lipinski definition) is 3. The van der Waals surface area contributed by atoms with Crippen molar-refractivity contribution >= 4 is 0 Å². The Morgan fingerprint density at radius 3 is 2.28 bits per heavy atom. The van der Waals surface area contributed by atoms with Crippen LogP contribution < -0.4 is 10.1 Å². The van der Waals surface area contributed by atoms with E-state index in [2.05, 4.69) is 38.2 Å². The van der Waals surface area contributed by atoms with Crippen molar-refractivity contribution in [3.8, 4) is 5.75 Å². The average Bonchev–Trinajstić information content (AvgIpc) is 2.35. The van der Waals surface area contributed by atoms with Crippen LogP contribution in [-0.4, -0.2) is 27.9 Å². The Labute approximate surface area is 110 Å². The van der Waals surface area contributed by atoms with Crippen LogP contribution in [0.4, 0.5) is 0 Å². The normalized spacial score (nSPS) is 12.8. The molecule has 0 heterocycles. The van der Waals surface area contributed by atoms with Gasteiger partial charge >= 0.3 is 0 Å². The lowest BCUT2D eigenvalue weighted by Gasteiger charge is -2.22. The molecular formula is C15H25NO2. The maximum Gasteiger partial charge on any atom is 0.122 e. The summed E-state index contributed by atoms with van der Waals surface area (Å²) in [6.45, 7) is 7.15. The van der Waals surface area contributed by atoms with Crippen LogP contribution in [0.3, 0.4) is 0 Å². The smallest absolute Gasteiger partial charge is 0.122 e. The Hall–Kier alpha value is -1.06. The van der Waals surface area contributed by atoms with E-state index in [-0.39, 0.29) is 6.04 Å². The van der Waals surface area contributed by atoms with Crippen molar-refractivity contribution in [2.24, 2.45) is 0 Å².